The van der Waals surface area contributed by atoms with Gasteiger partial charge in [-0.2, -0.15) is 17.6 Å². The van der Waals surface area contributed by atoms with Crippen molar-refractivity contribution in [3.63, 3.8) is 0 Å². The molecule has 30 heavy (non-hydrogen) atoms. The number of nitrogens with one attached hydrogen (secondary N) is 2. The predicted molar refractivity (Wildman–Crippen MR) is 94.4 cm³/mol. The number of rotatable bonds is 2. The Morgan fingerprint density at radius 2 is 1.77 bits per heavy atom. The van der Waals surface area contributed by atoms with Gasteiger partial charge >= 0.3 is 12.2 Å². The molecule has 0 unspecified atom stereocenters. The van der Waals surface area contributed by atoms with Crippen LogP contribution in [0, 0.1) is 0 Å². The van der Waals surface area contributed by atoms with Crippen LogP contribution in [0.25, 0.3) is 22.8 Å². The van der Waals surface area contributed by atoms with Gasteiger partial charge in [0.2, 0.25) is 0 Å². The molecule has 0 atom stereocenters. The molecule has 5 rings (SSSR count). The highest BCUT2D eigenvalue weighted by Crippen LogP contribution is 2.47. The highest BCUT2D eigenvalue weighted by molar-refractivity contribution is 5.97. The fraction of sp³-hybridized carbons (Fsp3) is 0.211. The van der Waals surface area contributed by atoms with Crippen molar-refractivity contribution in [2.24, 2.45) is 0 Å². The van der Waals surface area contributed by atoms with E-state index in [2.05, 4.69) is 29.7 Å². The van der Waals surface area contributed by atoms with Crippen molar-refractivity contribution in [2.75, 3.05) is 6.54 Å². The van der Waals surface area contributed by atoms with E-state index in [-0.39, 0.29) is 17.3 Å². The monoisotopic (exact) mass is 420 g/mol. The summed E-state index contributed by atoms with van der Waals surface area (Å²) in [5.41, 5.74) is 2.63. The van der Waals surface area contributed by atoms with Gasteiger partial charge in [0.05, 0.1) is 17.0 Å². The van der Waals surface area contributed by atoms with Crippen molar-refractivity contribution in [2.45, 2.75) is 18.6 Å². The summed E-state index contributed by atoms with van der Waals surface area (Å²) in [6.07, 6.45) is -7.49. The van der Waals surface area contributed by atoms with E-state index in [0.717, 1.165) is 17.8 Å². The number of aromatic amines is 1. The van der Waals surface area contributed by atoms with Crippen LogP contribution in [-0.4, -0.2) is 39.6 Å². The lowest BCUT2D eigenvalue weighted by Gasteiger charge is -2.31. The number of amides is 1. The Hall–Kier alpha value is -3.63. The number of aromatic nitrogens is 3. The number of hydrogen-bond acceptors (Lipinski definition) is 5. The number of hydrogen-bond donors (Lipinski definition) is 2. The van der Waals surface area contributed by atoms with Crippen LogP contribution in [0.1, 0.15) is 16.1 Å². The fourth-order valence-corrected chi connectivity index (χ4v) is 3.29. The molecule has 0 fully saturated rings. The molecular formula is C19H12F4N4O3. The number of H-pyrrole nitrogens is 1. The van der Waals surface area contributed by atoms with E-state index < -0.39 is 23.7 Å². The van der Waals surface area contributed by atoms with Gasteiger partial charge in [0.1, 0.15) is 0 Å². The normalized spacial score (nSPS) is 18.5. The number of alkyl halides is 4. The summed E-state index contributed by atoms with van der Waals surface area (Å²) < 4.78 is 61.8. The number of fused-ring (bicyclic) bond motifs is 2. The lowest BCUT2D eigenvalue weighted by molar-refractivity contribution is -0.391. The molecule has 1 amide bonds. The van der Waals surface area contributed by atoms with E-state index in [1.807, 2.05) is 0 Å². The molecule has 0 radical (unpaired) electrons. The molecule has 2 N–H and O–H groups in total. The van der Waals surface area contributed by atoms with Crippen molar-refractivity contribution in [1.82, 2.24) is 20.3 Å². The summed E-state index contributed by atoms with van der Waals surface area (Å²) in [7, 11) is 0. The summed E-state index contributed by atoms with van der Waals surface area (Å²) in [5, 5.41) is 2.75. The van der Waals surface area contributed by atoms with E-state index in [4.69, 9.17) is 0 Å². The zero-order valence-corrected chi connectivity index (χ0v) is 15.0. The quantitative estimate of drug-likeness (QED) is 0.621. The van der Waals surface area contributed by atoms with Gasteiger partial charge < -0.3 is 19.8 Å². The van der Waals surface area contributed by atoms with Crippen LogP contribution < -0.4 is 14.8 Å². The fourth-order valence-electron chi connectivity index (χ4n) is 3.29. The maximum Gasteiger partial charge on any atom is 0.507 e. The van der Waals surface area contributed by atoms with E-state index in [1.165, 1.54) is 12.3 Å². The molecule has 0 bridgehead atoms. The largest absolute Gasteiger partial charge is 0.507 e. The number of ether oxygens (including phenoxy) is 2. The Morgan fingerprint density at radius 1 is 1.00 bits per heavy atom. The molecule has 1 aromatic carbocycles. The molecule has 2 aliphatic heterocycles. The molecule has 0 saturated heterocycles. The van der Waals surface area contributed by atoms with Gasteiger partial charge in [0.25, 0.3) is 5.91 Å². The van der Waals surface area contributed by atoms with Crippen LogP contribution in [-0.2, 0) is 6.42 Å². The van der Waals surface area contributed by atoms with Crippen molar-refractivity contribution < 1.29 is 31.8 Å². The summed E-state index contributed by atoms with van der Waals surface area (Å²) in [4.78, 5) is 23.6. The maximum absolute atomic E-state index is 13.5. The first-order valence-corrected chi connectivity index (χ1v) is 8.85. The number of benzene rings is 1. The number of nitrogens with zero attached hydrogens (tertiary/aromatic N) is 2. The van der Waals surface area contributed by atoms with Crippen molar-refractivity contribution in [3.8, 4) is 34.3 Å². The molecule has 154 valence electrons. The van der Waals surface area contributed by atoms with Crippen LogP contribution in [0.15, 0.2) is 36.5 Å². The SMILES string of the molecule is O=C1NCCc2[nH]c(-c3ccnc(-c4ccc5c(c4)OC(F)(F)C(F)(F)O5)n3)cc21. The molecule has 4 heterocycles. The minimum atomic E-state index is -4.81. The molecule has 0 spiro atoms. The maximum atomic E-state index is 13.5. The van der Waals surface area contributed by atoms with Crippen LogP contribution in [0.4, 0.5) is 17.6 Å². The van der Waals surface area contributed by atoms with Crippen LogP contribution in [0.5, 0.6) is 11.5 Å². The first-order chi connectivity index (χ1) is 14.2. The van der Waals surface area contributed by atoms with Gasteiger partial charge in [0.15, 0.2) is 17.3 Å². The minimum absolute atomic E-state index is 0.150. The van der Waals surface area contributed by atoms with Gasteiger partial charge in [0, 0.05) is 30.4 Å². The van der Waals surface area contributed by atoms with E-state index >= 15 is 0 Å². The lowest BCUT2D eigenvalue weighted by atomic mass is 10.1. The third-order valence-corrected chi connectivity index (χ3v) is 4.75. The molecule has 7 nitrogen and oxygen atoms in total. The van der Waals surface area contributed by atoms with E-state index in [1.54, 1.807) is 12.1 Å². The second kappa shape index (κ2) is 6.18. The van der Waals surface area contributed by atoms with E-state index in [0.29, 0.717) is 29.9 Å². The first-order valence-electron chi connectivity index (χ1n) is 8.85. The Kier molecular flexibility index (Phi) is 3.79. The van der Waals surface area contributed by atoms with Gasteiger partial charge in [-0.3, -0.25) is 4.79 Å². The number of carbonyl (C=O) groups is 1. The zero-order chi connectivity index (χ0) is 21.1. The van der Waals surface area contributed by atoms with Crippen molar-refractivity contribution >= 4 is 5.91 Å². The summed E-state index contributed by atoms with van der Waals surface area (Å²) in [5.74, 6) is -1.10. The third-order valence-electron chi connectivity index (χ3n) is 4.75. The molecule has 0 saturated carbocycles. The second-order valence-electron chi connectivity index (χ2n) is 6.75. The Morgan fingerprint density at radius 3 is 2.53 bits per heavy atom. The van der Waals surface area contributed by atoms with Crippen LogP contribution in [0.2, 0.25) is 0 Å². The lowest BCUT2D eigenvalue weighted by Crippen LogP contribution is -2.52. The average Bonchev–Trinajstić information content (AvgIpc) is 3.14. The highest BCUT2D eigenvalue weighted by atomic mass is 19.3. The Labute approximate surface area is 166 Å². The summed E-state index contributed by atoms with van der Waals surface area (Å²) in [6, 6.07) is 6.83. The second-order valence-corrected chi connectivity index (χ2v) is 6.75. The molecule has 11 heteroatoms. The Balaban J connectivity index is 1.51. The van der Waals surface area contributed by atoms with Gasteiger partial charge in [-0.15, -0.1) is 0 Å². The molecule has 0 aliphatic carbocycles. The molecule has 2 aliphatic rings. The predicted octanol–water partition coefficient (Wildman–Crippen LogP) is 3.38. The first kappa shape index (κ1) is 18.4. The minimum Gasteiger partial charge on any atom is -0.421 e. The highest BCUT2D eigenvalue weighted by Gasteiger charge is 2.65. The van der Waals surface area contributed by atoms with Crippen LogP contribution >= 0.6 is 0 Å². The van der Waals surface area contributed by atoms with Crippen LogP contribution in [0.3, 0.4) is 0 Å². The van der Waals surface area contributed by atoms with Crippen molar-refractivity contribution in [1.29, 1.82) is 0 Å². The van der Waals surface area contributed by atoms with Gasteiger partial charge in [-0.05, 0) is 30.3 Å². The topological polar surface area (TPSA) is 89.1 Å². The third kappa shape index (κ3) is 2.85. The number of carbonyl (C=O) groups excluding carboxylic acids is 1. The molecular weight excluding hydrogens is 408 g/mol. The standard InChI is InChI=1S/C19H12F4N4O3/c20-18(21)19(22,23)30-15-7-9(1-2-14(15)29-18)16-24-5-4-12(27-16)13-8-10-11(26-13)3-6-25-17(10)28/h1-2,4-5,7-8,26H,3,6H2,(H,25,28). The van der Waals surface area contributed by atoms with Gasteiger partial charge in [-0.25, -0.2) is 9.97 Å². The molecule has 2 aromatic heterocycles. The smallest absolute Gasteiger partial charge is 0.421 e. The average molecular weight is 420 g/mol. The van der Waals surface area contributed by atoms with Gasteiger partial charge in [-0.1, -0.05) is 0 Å². The summed E-state index contributed by atoms with van der Waals surface area (Å²) >= 11 is 0. The van der Waals surface area contributed by atoms with Crippen molar-refractivity contribution in [3.05, 3.63) is 47.8 Å². The Bertz CT molecular complexity index is 1180. The zero-order valence-electron chi connectivity index (χ0n) is 15.0. The molecule has 3 aromatic rings. The van der Waals surface area contributed by atoms with E-state index in [9.17, 15) is 22.4 Å². The summed E-state index contributed by atoms with van der Waals surface area (Å²) in [6.45, 7) is 0.529. The number of halogens is 4.